The summed E-state index contributed by atoms with van der Waals surface area (Å²) in [6.45, 7) is 3.50. The first kappa shape index (κ1) is 15.4. The van der Waals surface area contributed by atoms with Gasteiger partial charge in [0, 0.05) is 48.2 Å². The molecule has 0 amide bonds. The van der Waals surface area contributed by atoms with Gasteiger partial charge in [-0.25, -0.2) is 4.98 Å². The molecule has 0 bridgehead atoms. The molecule has 0 N–H and O–H groups in total. The molecule has 0 spiro atoms. The molecule has 0 fully saturated rings. The first-order valence-electron chi connectivity index (χ1n) is 6.89. The first-order chi connectivity index (χ1) is 10.1. The minimum Gasteiger partial charge on any atom is -0.337 e. The molecular weight excluding hydrogens is 286 g/mol. The second-order valence-electron chi connectivity index (χ2n) is 4.88. The van der Waals surface area contributed by atoms with Crippen molar-refractivity contribution < 1.29 is 4.79 Å². The Kier molecular flexibility index (Phi) is 5.69. The van der Waals surface area contributed by atoms with Gasteiger partial charge in [0.05, 0.1) is 6.33 Å². The molecule has 0 unspecified atom stereocenters. The largest absolute Gasteiger partial charge is 0.337 e. The summed E-state index contributed by atoms with van der Waals surface area (Å²) in [4.78, 5) is 20.5. The molecule has 0 saturated heterocycles. The Labute approximate surface area is 129 Å². The lowest BCUT2D eigenvalue weighted by Gasteiger charge is -2.03. The van der Waals surface area contributed by atoms with Crippen molar-refractivity contribution in [1.29, 1.82) is 0 Å². The number of benzene rings is 1. The second-order valence-corrected chi connectivity index (χ2v) is 5.31. The Bertz CT molecular complexity index is 603. The fraction of sp³-hybridized carbons (Fsp3) is 0.312. The first-order valence-corrected chi connectivity index (χ1v) is 7.27. The molecule has 0 aliphatic heterocycles. The van der Waals surface area contributed by atoms with Gasteiger partial charge in [0.15, 0.2) is 5.78 Å². The van der Waals surface area contributed by atoms with Crippen LogP contribution in [0.15, 0.2) is 48.0 Å². The van der Waals surface area contributed by atoms with Crippen molar-refractivity contribution in [2.45, 2.75) is 26.3 Å². The van der Waals surface area contributed by atoms with Gasteiger partial charge in [-0.2, -0.15) is 0 Å². The van der Waals surface area contributed by atoms with Crippen LogP contribution in [0.4, 0.5) is 0 Å². The van der Waals surface area contributed by atoms with Crippen LogP contribution in [0.25, 0.3) is 0 Å². The van der Waals surface area contributed by atoms with E-state index in [0.717, 1.165) is 25.2 Å². The van der Waals surface area contributed by atoms with E-state index in [-0.39, 0.29) is 5.78 Å². The molecule has 21 heavy (non-hydrogen) atoms. The van der Waals surface area contributed by atoms with Crippen LogP contribution in [0, 0.1) is 0 Å². The van der Waals surface area contributed by atoms with Crippen molar-refractivity contribution in [2.24, 2.45) is 4.99 Å². The number of halogens is 1. The van der Waals surface area contributed by atoms with Crippen molar-refractivity contribution in [3.63, 3.8) is 0 Å². The monoisotopic (exact) mass is 303 g/mol. The summed E-state index contributed by atoms with van der Waals surface area (Å²) in [5, 5.41) is 0.636. The maximum atomic E-state index is 12.0. The zero-order valence-corrected chi connectivity index (χ0v) is 12.8. The van der Waals surface area contributed by atoms with Crippen molar-refractivity contribution in [1.82, 2.24) is 9.55 Å². The van der Waals surface area contributed by atoms with Crippen molar-refractivity contribution >= 4 is 23.1 Å². The number of aryl methyl sites for hydroxylation is 1. The van der Waals surface area contributed by atoms with E-state index in [0.29, 0.717) is 17.0 Å². The topological polar surface area (TPSA) is 47.2 Å². The van der Waals surface area contributed by atoms with Crippen LogP contribution in [0.1, 0.15) is 30.1 Å². The molecule has 1 aromatic carbocycles. The molecule has 0 aliphatic rings. The highest BCUT2D eigenvalue weighted by molar-refractivity contribution is 6.30. The minimum absolute atomic E-state index is 0.0718. The third-order valence-electron chi connectivity index (χ3n) is 3.10. The predicted octanol–water partition coefficient (Wildman–Crippen LogP) is 3.66. The van der Waals surface area contributed by atoms with Gasteiger partial charge < -0.3 is 4.57 Å². The van der Waals surface area contributed by atoms with Gasteiger partial charge in [0.2, 0.25) is 0 Å². The molecule has 0 saturated carbocycles. The Hall–Kier alpha value is -1.94. The summed E-state index contributed by atoms with van der Waals surface area (Å²) in [5.74, 6) is 0.0718. The number of Topliss-reactive ketones (excluding diaryl/α,β-unsaturated/α-hetero) is 1. The molecule has 5 heteroatoms. The quantitative estimate of drug-likeness (QED) is 0.445. The summed E-state index contributed by atoms with van der Waals surface area (Å²) < 4.78 is 2.02. The lowest BCUT2D eigenvalue weighted by Crippen LogP contribution is -2.06. The molecule has 0 aliphatic carbocycles. The van der Waals surface area contributed by atoms with E-state index in [1.165, 1.54) is 0 Å². The third-order valence-corrected chi connectivity index (χ3v) is 3.35. The van der Waals surface area contributed by atoms with Gasteiger partial charge in [0.25, 0.3) is 0 Å². The van der Waals surface area contributed by atoms with Crippen LogP contribution in [-0.4, -0.2) is 27.6 Å². The fourth-order valence-corrected chi connectivity index (χ4v) is 2.09. The Morgan fingerprint density at radius 2 is 2.10 bits per heavy atom. The Morgan fingerprint density at radius 3 is 2.76 bits per heavy atom. The third kappa shape index (κ3) is 5.16. The van der Waals surface area contributed by atoms with Crippen molar-refractivity contribution in [3.05, 3.63) is 53.6 Å². The molecule has 110 valence electrons. The highest BCUT2D eigenvalue weighted by Gasteiger charge is 2.07. The van der Waals surface area contributed by atoms with E-state index in [2.05, 4.69) is 9.98 Å². The molecule has 0 atom stereocenters. The molecule has 4 nitrogen and oxygen atoms in total. The van der Waals surface area contributed by atoms with E-state index >= 15 is 0 Å². The number of aromatic nitrogens is 2. The normalized spacial score (nSPS) is 11.6. The van der Waals surface area contributed by atoms with E-state index in [4.69, 9.17) is 11.6 Å². The number of imidazole rings is 1. The van der Waals surface area contributed by atoms with Crippen LogP contribution >= 0.6 is 11.6 Å². The highest BCUT2D eigenvalue weighted by Crippen LogP contribution is 2.11. The van der Waals surface area contributed by atoms with Gasteiger partial charge in [-0.1, -0.05) is 11.6 Å². The summed E-state index contributed by atoms with van der Waals surface area (Å²) in [5.41, 5.74) is 1.54. The standard InChI is InChI=1S/C16H18ClN3O/c1-13(19-7-2-9-20-10-8-18-12-20)11-16(21)14-3-5-15(17)6-4-14/h3-6,8,10,12H,2,7,9,11H2,1H3. The zero-order chi connectivity index (χ0) is 15.1. The van der Waals surface area contributed by atoms with E-state index < -0.39 is 0 Å². The minimum atomic E-state index is 0.0718. The van der Waals surface area contributed by atoms with Crippen LogP contribution in [-0.2, 0) is 6.54 Å². The SMILES string of the molecule is CC(CC(=O)c1ccc(Cl)cc1)=NCCCn1ccnc1. The van der Waals surface area contributed by atoms with Crippen LogP contribution in [0.5, 0.6) is 0 Å². The van der Waals surface area contributed by atoms with E-state index in [9.17, 15) is 4.79 Å². The number of carbonyl (C=O) groups is 1. The van der Waals surface area contributed by atoms with Gasteiger partial charge in [-0.15, -0.1) is 0 Å². The van der Waals surface area contributed by atoms with Crippen molar-refractivity contribution in [3.8, 4) is 0 Å². The van der Waals surface area contributed by atoms with Crippen molar-refractivity contribution in [2.75, 3.05) is 6.54 Å². The fourth-order valence-electron chi connectivity index (χ4n) is 1.97. The molecule has 0 radical (unpaired) electrons. The molecule has 2 rings (SSSR count). The molecule has 2 aromatic rings. The molecule has 1 aromatic heterocycles. The molecular formula is C16H18ClN3O. The Balaban J connectivity index is 1.77. The summed E-state index contributed by atoms with van der Waals surface area (Å²) in [6, 6.07) is 6.95. The zero-order valence-electron chi connectivity index (χ0n) is 12.0. The van der Waals surface area contributed by atoms with Crippen LogP contribution in [0.2, 0.25) is 5.02 Å². The van der Waals surface area contributed by atoms with Gasteiger partial charge >= 0.3 is 0 Å². The van der Waals surface area contributed by atoms with E-state index in [1.807, 2.05) is 17.7 Å². The average molecular weight is 304 g/mol. The highest BCUT2D eigenvalue weighted by atomic mass is 35.5. The number of hydrogen-bond acceptors (Lipinski definition) is 3. The second kappa shape index (κ2) is 7.74. The number of aliphatic imine (C=N–C) groups is 1. The number of nitrogens with zero attached hydrogens (tertiary/aromatic N) is 3. The van der Waals surface area contributed by atoms with Gasteiger partial charge in [0.1, 0.15) is 0 Å². The summed E-state index contributed by atoms with van der Waals surface area (Å²) in [6.07, 6.45) is 6.77. The number of rotatable bonds is 7. The maximum Gasteiger partial charge on any atom is 0.168 e. The average Bonchev–Trinajstić information content (AvgIpc) is 2.97. The number of hydrogen-bond donors (Lipinski definition) is 0. The van der Waals surface area contributed by atoms with E-state index in [1.54, 1.807) is 36.8 Å². The van der Waals surface area contributed by atoms with Crippen LogP contribution in [0.3, 0.4) is 0 Å². The lowest BCUT2D eigenvalue weighted by molar-refractivity contribution is 0.100. The van der Waals surface area contributed by atoms with Gasteiger partial charge in [-0.3, -0.25) is 9.79 Å². The molecule has 1 heterocycles. The van der Waals surface area contributed by atoms with Gasteiger partial charge in [-0.05, 0) is 37.6 Å². The smallest absolute Gasteiger partial charge is 0.168 e. The number of ketones is 1. The summed E-state index contributed by atoms with van der Waals surface area (Å²) >= 11 is 5.81. The van der Waals surface area contributed by atoms with Crippen LogP contribution < -0.4 is 0 Å². The predicted molar refractivity (Wildman–Crippen MR) is 85.2 cm³/mol. The Morgan fingerprint density at radius 1 is 1.33 bits per heavy atom. The summed E-state index contributed by atoms with van der Waals surface area (Å²) in [7, 11) is 0. The lowest BCUT2D eigenvalue weighted by atomic mass is 10.1. The maximum absolute atomic E-state index is 12.0. The number of carbonyl (C=O) groups excluding carboxylic acids is 1.